The van der Waals surface area contributed by atoms with Crippen molar-refractivity contribution >= 4 is 5.96 Å². The second-order valence-electron chi connectivity index (χ2n) is 5.14. The van der Waals surface area contributed by atoms with Gasteiger partial charge in [0.05, 0.1) is 6.54 Å². The van der Waals surface area contributed by atoms with Crippen LogP contribution in [0.2, 0.25) is 0 Å². The lowest BCUT2D eigenvalue weighted by molar-refractivity contribution is -0.0504. The standard InChI is InChI=1S/C18H20F3N3O2/c1-22-18(23-9-10-25-15-7-4-6-14(19)11-15)24-12-13-5-2-3-8-16(13)26-17(20)21/h2-8,11,17H,9-10,12H2,1H3,(H2,22,23,24). The van der Waals surface area contributed by atoms with E-state index in [1.165, 1.54) is 18.2 Å². The zero-order valence-corrected chi connectivity index (χ0v) is 14.2. The Morgan fingerprint density at radius 3 is 2.65 bits per heavy atom. The molecule has 0 radical (unpaired) electrons. The number of ether oxygens (including phenoxy) is 2. The molecule has 2 rings (SSSR count). The van der Waals surface area contributed by atoms with Crippen LogP contribution in [0, 0.1) is 5.82 Å². The van der Waals surface area contributed by atoms with Gasteiger partial charge in [-0.3, -0.25) is 4.99 Å². The van der Waals surface area contributed by atoms with E-state index in [9.17, 15) is 13.2 Å². The van der Waals surface area contributed by atoms with E-state index in [1.54, 1.807) is 37.4 Å². The van der Waals surface area contributed by atoms with Gasteiger partial charge in [-0.2, -0.15) is 8.78 Å². The molecule has 2 aromatic carbocycles. The van der Waals surface area contributed by atoms with Gasteiger partial charge >= 0.3 is 6.61 Å². The van der Waals surface area contributed by atoms with E-state index in [2.05, 4.69) is 20.4 Å². The molecule has 2 N–H and O–H groups in total. The van der Waals surface area contributed by atoms with Gasteiger partial charge in [-0.15, -0.1) is 0 Å². The third kappa shape index (κ3) is 6.54. The summed E-state index contributed by atoms with van der Waals surface area (Å²) in [7, 11) is 1.59. The van der Waals surface area contributed by atoms with Crippen molar-refractivity contribution in [1.29, 1.82) is 0 Å². The third-order valence-corrected chi connectivity index (χ3v) is 3.32. The molecule has 26 heavy (non-hydrogen) atoms. The lowest BCUT2D eigenvalue weighted by Crippen LogP contribution is -2.39. The van der Waals surface area contributed by atoms with Gasteiger partial charge in [-0.25, -0.2) is 4.39 Å². The second-order valence-corrected chi connectivity index (χ2v) is 5.14. The van der Waals surface area contributed by atoms with Crippen molar-refractivity contribution in [2.45, 2.75) is 13.2 Å². The van der Waals surface area contributed by atoms with Crippen LogP contribution >= 0.6 is 0 Å². The van der Waals surface area contributed by atoms with E-state index in [0.717, 1.165) is 0 Å². The van der Waals surface area contributed by atoms with Crippen molar-refractivity contribution in [3.05, 3.63) is 59.9 Å². The summed E-state index contributed by atoms with van der Waals surface area (Å²) in [6.45, 7) is -1.90. The number of halogens is 3. The van der Waals surface area contributed by atoms with Gasteiger partial charge in [0, 0.05) is 25.2 Å². The highest BCUT2D eigenvalue weighted by Gasteiger charge is 2.09. The van der Waals surface area contributed by atoms with Gasteiger partial charge < -0.3 is 20.1 Å². The van der Waals surface area contributed by atoms with Crippen molar-refractivity contribution in [3.63, 3.8) is 0 Å². The van der Waals surface area contributed by atoms with Crippen molar-refractivity contribution in [2.24, 2.45) is 4.99 Å². The fourth-order valence-electron chi connectivity index (χ4n) is 2.16. The van der Waals surface area contributed by atoms with Crippen LogP contribution in [-0.2, 0) is 6.54 Å². The molecule has 0 saturated carbocycles. The number of guanidine groups is 1. The summed E-state index contributed by atoms with van der Waals surface area (Å²) >= 11 is 0. The molecule has 0 unspecified atom stereocenters. The average Bonchev–Trinajstić information content (AvgIpc) is 2.62. The maximum absolute atomic E-state index is 13.1. The summed E-state index contributed by atoms with van der Waals surface area (Å²) < 4.78 is 47.8. The smallest absolute Gasteiger partial charge is 0.387 e. The molecule has 2 aromatic rings. The van der Waals surface area contributed by atoms with E-state index in [0.29, 0.717) is 30.4 Å². The Kier molecular flexibility index (Phi) is 7.60. The molecule has 140 valence electrons. The highest BCUT2D eigenvalue weighted by Crippen LogP contribution is 2.19. The van der Waals surface area contributed by atoms with Gasteiger partial charge in [-0.05, 0) is 18.2 Å². The molecule has 0 spiro atoms. The fraction of sp³-hybridized carbons (Fsp3) is 0.278. The predicted molar refractivity (Wildman–Crippen MR) is 93.2 cm³/mol. The van der Waals surface area contributed by atoms with Crippen molar-refractivity contribution in [1.82, 2.24) is 10.6 Å². The van der Waals surface area contributed by atoms with E-state index in [1.807, 2.05) is 0 Å². The Morgan fingerprint density at radius 1 is 1.12 bits per heavy atom. The molecule has 5 nitrogen and oxygen atoms in total. The lowest BCUT2D eigenvalue weighted by Gasteiger charge is -2.14. The first-order valence-corrected chi connectivity index (χ1v) is 7.94. The topological polar surface area (TPSA) is 54.9 Å². The molecule has 0 heterocycles. The Hall–Kier alpha value is -2.90. The van der Waals surface area contributed by atoms with Crippen LogP contribution in [0.5, 0.6) is 11.5 Å². The SMILES string of the molecule is CN=C(NCCOc1cccc(F)c1)NCc1ccccc1OC(F)F. The van der Waals surface area contributed by atoms with Gasteiger partial charge in [0.15, 0.2) is 5.96 Å². The minimum atomic E-state index is -2.88. The van der Waals surface area contributed by atoms with Crippen LogP contribution in [0.25, 0.3) is 0 Å². The van der Waals surface area contributed by atoms with Crippen molar-refractivity contribution < 1.29 is 22.6 Å². The molecule has 0 aromatic heterocycles. The first-order chi connectivity index (χ1) is 12.6. The summed E-state index contributed by atoms with van der Waals surface area (Å²) in [4.78, 5) is 4.04. The van der Waals surface area contributed by atoms with E-state index in [-0.39, 0.29) is 18.1 Å². The Labute approximate surface area is 149 Å². The fourth-order valence-corrected chi connectivity index (χ4v) is 2.16. The zero-order valence-electron chi connectivity index (χ0n) is 14.2. The first-order valence-electron chi connectivity index (χ1n) is 7.94. The van der Waals surface area contributed by atoms with Crippen LogP contribution in [-0.4, -0.2) is 32.8 Å². The number of para-hydroxylation sites is 1. The summed E-state index contributed by atoms with van der Waals surface area (Å²) in [5.74, 6) is 0.657. The summed E-state index contributed by atoms with van der Waals surface area (Å²) in [5, 5.41) is 6.02. The Bertz CT molecular complexity index is 726. The second kappa shape index (κ2) is 10.2. The van der Waals surface area contributed by atoms with Crippen LogP contribution < -0.4 is 20.1 Å². The number of alkyl halides is 2. The molecule has 8 heteroatoms. The van der Waals surface area contributed by atoms with Crippen LogP contribution in [0.15, 0.2) is 53.5 Å². The van der Waals surface area contributed by atoms with Crippen molar-refractivity contribution in [2.75, 3.05) is 20.2 Å². The quantitative estimate of drug-likeness (QED) is 0.428. The molecule has 0 amide bonds. The minimum absolute atomic E-state index is 0.111. The monoisotopic (exact) mass is 367 g/mol. The van der Waals surface area contributed by atoms with E-state index < -0.39 is 6.61 Å². The molecule has 0 aliphatic carbocycles. The number of benzene rings is 2. The normalized spacial score (nSPS) is 11.3. The molecule has 0 fully saturated rings. The molecule has 0 aliphatic rings. The van der Waals surface area contributed by atoms with Crippen LogP contribution in [0.4, 0.5) is 13.2 Å². The zero-order chi connectivity index (χ0) is 18.8. The highest BCUT2D eigenvalue weighted by molar-refractivity contribution is 5.79. The minimum Gasteiger partial charge on any atom is -0.492 e. The molecule has 0 aliphatic heterocycles. The number of nitrogens with one attached hydrogen (secondary N) is 2. The Balaban J connectivity index is 1.78. The van der Waals surface area contributed by atoms with Crippen LogP contribution in [0.1, 0.15) is 5.56 Å². The highest BCUT2D eigenvalue weighted by atomic mass is 19.3. The third-order valence-electron chi connectivity index (χ3n) is 3.32. The number of hydrogen-bond acceptors (Lipinski definition) is 3. The first kappa shape index (κ1) is 19.4. The van der Waals surface area contributed by atoms with E-state index >= 15 is 0 Å². The molecule has 0 bridgehead atoms. The molecule has 0 atom stereocenters. The predicted octanol–water partition coefficient (Wildman–Crippen LogP) is 3.17. The summed E-state index contributed by atoms with van der Waals surface area (Å²) in [6, 6.07) is 12.4. The van der Waals surface area contributed by atoms with Gasteiger partial charge in [0.25, 0.3) is 0 Å². The number of aliphatic imine (C=N–C) groups is 1. The van der Waals surface area contributed by atoms with Gasteiger partial charge in [-0.1, -0.05) is 24.3 Å². The maximum atomic E-state index is 13.1. The number of rotatable bonds is 8. The Morgan fingerprint density at radius 2 is 1.92 bits per heavy atom. The van der Waals surface area contributed by atoms with Gasteiger partial charge in [0.2, 0.25) is 0 Å². The summed E-state index contributed by atoms with van der Waals surface area (Å²) in [6.07, 6.45) is 0. The average molecular weight is 367 g/mol. The summed E-state index contributed by atoms with van der Waals surface area (Å²) in [5.41, 5.74) is 0.576. The number of hydrogen-bond donors (Lipinski definition) is 2. The molecule has 0 saturated heterocycles. The molecular weight excluding hydrogens is 347 g/mol. The van der Waals surface area contributed by atoms with Crippen molar-refractivity contribution in [3.8, 4) is 11.5 Å². The van der Waals surface area contributed by atoms with Gasteiger partial charge in [0.1, 0.15) is 23.9 Å². The van der Waals surface area contributed by atoms with Crippen LogP contribution in [0.3, 0.4) is 0 Å². The molecular formula is C18H20F3N3O2. The maximum Gasteiger partial charge on any atom is 0.387 e. The largest absolute Gasteiger partial charge is 0.492 e. The number of nitrogens with zero attached hydrogens (tertiary/aromatic N) is 1. The van der Waals surface area contributed by atoms with E-state index in [4.69, 9.17) is 4.74 Å². The lowest BCUT2D eigenvalue weighted by atomic mass is 10.2.